The monoisotopic (exact) mass is 292 g/mol. The van der Waals surface area contributed by atoms with Gasteiger partial charge in [-0.3, -0.25) is 0 Å². The molecule has 22 heavy (non-hydrogen) atoms. The maximum absolute atomic E-state index is 6.99. The summed E-state index contributed by atoms with van der Waals surface area (Å²) in [5, 5.41) is 0. The number of fused-ring (bicyclic) bond motifs is 1. The molecule has 0 spiro atoms. The van der Waals surface area contributed by atoms with Crippen molar-refractivity contribution in [2.75, 3.05) is 11.9 Å². The van der Waals surface area contributed by atoms with Gasteiger partial charge in [0.15, 0.2) is 5.69 Å². The molecule has 0 fully saturated rings. The Hall–Kier alpha value is -2.25. The summed E-state index contributed by atoms with van der Waals surface area (Å²) in [5.74, 6) is 0. The fraction of sp³-hybridized carbons (Fsp3) is 0.278. The minimum Gasteiger partial charge on any atom is -0.427 e. The molecule has 0 unspecified atom stereocenters. The topological polar surface area (TPSA) is 16.8 Å². The maximum Gasteiger partial charge on any atom is 0.324 e. The molecule has 2 aromatic rings. The quantitative estimate of drug-likeness (QED) is 0.603. The first-order valence-corrected chi connectivity index (χ1v) is 7.64. The lowest BCUT2D eigenvalue weighted by molar-refractivity contribution is 0.333. The zero-order valence-electron chi connectivity index (χ0n) is 13.6. The van der Waals surface area contributed by atoms with Crippen LogP contribution in [-0.2, 0) is 11.3 Å². The average molecular weight is 292 g/mol. The van der Waals surface area contributed by atoms with Gasteiger partial charge in [0.2, 0.25) is 0 Å². The van der Waals surface area contributed by atoms with Crippen LogP contribution in [-0.4, -0.2) is 14.0 Å². The molecule has 1 heterocycles. The van der Waals surface area contributed by atoms with Crippen LogP contribution < -0.4 is 10.4 Å². The van der Waals surface area contributed by atoms with Crippen molar-refractivity contribution in [1.29, 1.82) is 0 Å². The fourth-order valence-electron chi connectivity index (χ4n) is 2.53. The van der Waals surface area contributed by atoms with Crippen LogP contribution in [0.3, 0.4) is 0 Å². The van der Waals surface area contributed by atoms with E-state index < -0.39 is 0 Å². The SMILES string of the molecule is CC.[C-]#[N+]c1ccc(N(C)c2ccc3c(c2)COB3C)cc1. The molecule has 0 radical (unpaired) electrons. The minimum atomic E-state index is 0.197. The summed E-state index contributed by atoms with van der Waals surface area (Å²) in [6.45, 7) is 14.0. The number of anilines is 2. The Labute approximate surface area is 133 Å². The van der Waals surface area contributed by atoms with Crippen LogP contribution in [0, 0.1) is 6.57 Å². The van der Waals surface area contributed by atoms with Gasteiger partial charge in [0, 0.05) is 18.4 Å². The van der Waals surface area contributed by atoms with E-state index in [1.807, 2.05) is 45.2 Å². The van der Waals surface area contributed by atoms with Gasteiger partial charge in [0.25, 0.3) is 0 Å². The highest BCUT2D eigenvalue weighted by atomic mass is 16.4. The van der Waals surface area contributed by atoms with Crippen LogP contribution >= 0.6 is 0 Å². The van der Waals surface area contributed by atoms with Crippen LogP contribution in [0.1, 0.15) is 19.4 Å². The highest BCUT2D eigenvalue weighted by Gasteiger charge is 2.23. The Kier molecular flexibility index (Phi) is 5.24. The highest BCUT2D eigenvalue weighted by Crippen LogP contribution is 2.27. The normalized spacial score (nSPS) is 12.0. The van der Waals surface area contributed by atoms with Gasteiger partial charge in [-0.2, -0.15) is 0 Å². The zero-order valence-corrected chi connectivity index (χ0v) is 13.6. The van der Waals surface area contributed by atoms with Crippen molar-refractivity contribution in [1.82, 2.24) is 0 Å². The van der Waals surface area contributed by atoms with E-state index in [9.17, 15) is 0 Å². The van der Waals surface area contributed by atoms with Gasteiger partial charge < -0.3 is 9.55 Å². The maximum atomic E-state index is 6.99. The Balaban J connectivity index is 0.000000847. The summed E-state index contributed by atoms with van der Waals surface area (Å²) in [4.78, 5) is 5.54. The first kappa shape index (κ1) is 16.1. The molecule has 3 rings (SSSR count). The molecule has 3 nitrogen and oxygen atoms in total. The molecular weight excluding hydrogens is 271 g/mol. The van der Waals surface area contributed by atoms with Crippen molar-refractivity contribution in [3.8, 4) is 0 Å². The van der Waals surface area contributed by atoms with Crippen LogP contribution in [0.5, 0.6) is 0 Å². The molecular formula is C18H21BN2O. The summed E-state index contributed by atoms with van der Waals surface area (Å²) in [5.41, 5.74) is 5.42. The molecule has 0 aliphatic carbocycles. The van der Waals surface area contributed by atoms with Gasteiger partial charge >= 0.3 is 6.92 Å². The number of benzene rings is 2. The zero-order chi connectivity index (χ0) is 16.1. The number of rotatable bonds is 2. The predicted molar refractivity (Wildman–Crippen MR) is 94.6 cm³/mol. The molecule has 0 amide bonds. The van der Waals surface area contributed by atoms with Gasteiger partial charge in [-0.25, -0.2) is 4.85 Å². The van der Waals surface area contributed by atoms with Crippen molar-refractivity contribution in [3.63, 3.8) is 0 Å². The smallest absolute Gasteiger partial charge is 0.324 e. The van der Waals surface area contributed by atoms with Gasteiger partial charge in [-0.05, 0) is 35.3 Å². The standard InChI is InChI=1S/C16H15BN2O.C2H6/c1-17-16-9-8-15(10-12(16)11-20-17)19(3)14-6-4-13(18-2)5-7-14;1-2/h4-10H,11H2,1,3H3;1-2H3. The minimum absolute atomic E-state index is 0.197. The first-order valence-electron chi connectivity index (χ1n) is 7.64. The molecule has 112 valence electrons. The molecule has 0 aromatic heterocycles. The van der Waals surface area contributed by atoms with E-state index in [0.29, 0.717) is 12.3 Å². The van der Waals surface area contributed by atoms with Crippen molar-refractivity contribution < 1.29 is 4.65 Å². The van der Waals surface area contributed by atoms with E-state index in [-0.39, 0.29) is 6.92 Å². The molecule has 0 bridgehead atoms. The summed E-state index contributed by atoms with van der Waals surface area (Å²) < 4.78 is 5.64. The summed E-state index contributed by atoms with van der Waals surface area (Å²) in [6.07, 6.45) is 0. The lowest BCUT2D eigenvalue weighted by Crippen LogP contribution is -2.24. The van der Waals surface area contributed by atoms with E-state index in [2.05, 4.69) is 34.8 Å². The van der Waals surface area contributed by atoms with Crippen molar-refractivity contribution in [2.45, 2.75) is 27.3 Å². The van der Waals surface area contributed by atoms with E-state index in [1.54, 1.807) is 0 Å². The van der Waals surface area contributed by atoms with Crippen LogP contribution in [0.25, 0.3) is 4.85 Å². The second-order valence-corrected chi connectivity index (χ2v) is 5.02. The van der Waals surface area contributed by atoms with Crippen LogP contribution in [0.15, 0.2) is 42.5 Å². The number of hydrogen-bond donors (Lipinski definition) is 0. The van der Waals surface area contributed by atoms with Crippen LogP contribution in [0.4, 0.5) is 17.1 Å². The molecule has 1 aliphatic rings. The fourth-order valence-corrected chi connectivity index (χ4v) is 2.53. The highest BCUT2D eigenvalue weighted by molar-refractivity contribution is 6.67. The summed E-state index contributed by atoms with van der Waals surface area (Å²) in [6, 6.07) is 14.1. The third-order valence-electron chi connectivity index (χ3n) is 3.81. The lowest BCUT2D eigenvalue weighted by atomic mass is 9.64. The molecule has 0 saturated carbocycles. The largest absolute Gasteiger partial charge is 0.427 e. The number of nitrogens with zero attached hydrogens (tertiary/aromatic N) is 2. The molecule has 2 aromatic carbocycles. The van der Waals surface area contributed by atoms with Crippen LogP contribution in [0.2, 0.25) is 6.82 Å². The third kappa shape index (κ3) is 3.15. The van der Waals surface area contributed by atoms with Crippen molar-refractivity contribution >= 4 is 29.4 Å². The lowest BCUT2D eigenvalue weighted by Gasteiger charge is -2.20. The van der Waals surface area contributed by atoms with Gasteiger partial charge in [0.05, 0.1) is 13.2 Å². The Morgan fingerprint density at radius 2 is 1.73 bits per heavy atom. The van der Waals surface area contributed by atoms with E-state index in [1.165, 1.54) is 11.0 Å². The molecule has 4 heteroatoms. The molecule has 0 saturated heterocycles. The first-order chi connectivity index (χ1) is 10.7. The van der Waals surface area contributed by atoms with Gasteiger partial charge in [-0.1, -0.05) is 38.9 Å². The Morgan fingerprint density at radius 3 is 2.36 bits per heavy atom. The van der Waals surface area contributed by atoms with Gasteiger partial charge in [-0.15, -0.1) is 0 Å². The van der Waals surface area contributed by atoms with Crippen molar-refractivity contribution in [2.24, 2.45) is 0 Å². The average Bonchev–Trinajstić information content (AvgIpc) is 2.96. The second-order valence-electron chi connectivity index (χ2n) is 5.02. The summed E-state index contributed by atoms with van der Waals surface area (Å²) in [7, 11) is 2.04. The summed E-state index contributed by atoms with van der Waals surface area (Å²) >= 11 is 0. The predicted octanol–water partition coefficient (Wildman–Crippen LogP) is 4.39. The van der Waals surface area contributed by atoms with Crippen molar-refractivity contribution in [3.05, 3.63) is 59.4 Å². The second kappa shape index (κ2) is 7.15. The Morgan fingerprint density at radius 1 is 1.09 bits per heavy atom. The molecule has 0 atom stereocenters. The van der Waals surface area contributed by atoms with Gasteiger partial charge in [0.1, 0.15) is 0 Å². The van der Waals surface area contributed by atoms with E-state index >= 15 is 0 Å². The van der Waals surface area contributed by atoms with E-state index in [4.69, 9.17) is 11.2 Å². The Bertz CT molecular complexity index is 676. The third-order valence-corrected chi connectivity index (χ3v) is 3.81. The molecule has 1 aliphatic heterocycles. The molecule has 0 N–H and O–H groups in total. The van der Waals surface area contributed by atoms with E-state index in [0.717, 1.165) is 11.4 Å². The number of hydrogen-bond acceptors (Lipinski definition) is 2.